The smallest absolute Gasteiger partial charge is 0.261 e. The highest BCUT2D eigenvalue weighted by Crippen LogP contribution is 2.23. The number of ether oxygens (including phenoxy) is 1. The van der Waals surface area contributed by atoms with Crippen LogP contribution in [-0.2, 0) is 0 Å². The summed E-state index contributed by atoms with van der Waals surface area (Å²) in [6.45, 7) is 0. The van der Waals surface area contributed by atoms with Gasteiger partial charge in [0.1, 0.15) is 5.56 Å². The molecule has 4 nitrogen and oxygen atoms in total. The summed E-state index contributed by atoms with van der Waals surface area (Å²) < 4.78 is 5.24. The van der Waals surface area contributed by atoms with E-state index < -0.39 is 0 Å². The van der Waals surface area contributed by atoms with Gasteiger partial charge in [-0.3, -0.25) is 4.79 Å². The molecule has 3 aromatic rings. The molecule has 104 valence electrons. The number of rotatable bonds is 3. The molecule has 0 saturated heterocycles. The second-order valence-electron chi connectivity index (χ2n) is 4.56. The summed E-state index contributed by atoms with van der Waals surface area (Å²) in [5.74, 6) is 0.0819. The summed E-state index contributed by atoms with van der Waals surface area (Å²) in [6, 6.07) is 18.7. The van der Waals surface area contributed by atoms with Crippen LogP contribution >= 0.6 is 0 Å². The minimum Gasteiger partial charge on any atom is -0.480 e. The molecule has 0 aliphatic carbocycles. The first kappa shape index (κ1) is 13.1. The summed E-state index contributed by atoms with van der Waals surface area (Å²) in [5.41, 5.74) is 1.95. The van der Waals surface area contributed by atoms with Gasteiger partial charge in [0.25, 0.3) is 5.91 Å². The van der Waals surface area contributed by atoms with Crippen LogP contribution < -0.4 is 10.1 Å². The third-order valence-electron chi connectivity index (χ3n) is 3.16. The highest BCUT2D eigenvalue weighted by atomic mass is 16.5. The fourth-order valence-corrected chi connectivity index (χ4v) is 2.14. The lowest BCUT2D eigenvalue weighted by Gasteiger charge is -2.10. The lowest BCUT2D eigenvalue weighted by Crippen LogP contribution is -2.13. The molecule has 0 spiro atoms. The number of anilines is 1. The maximum absolute atomic E-state index is 12.4. The number of carbonyl (C=O) groups is 1. The fraction of sp³-hybridized carbons (Fsp3) is 0.0588. The van der Waals surface area contributed by atoms with Crippen LogP contribution in [0.15, 0.2) is 60.7 Å². The Kier molecular flexibility index (Phi) is 3.51. The van der Waals surface area contributed by atoms with E-state index in [0.29, 0.717) is 11.4 Å². The molecular formula is C17H14N2O2. The minimum absolute atomic E-state index is 0.240. The van der Waals surface area contributed by atoms with Gasteiger partial charge in [-0.15, -0.1) is 0 Å². The summed E-state index contributed by atoms with van der Waals surface area (Å²) in [7, 11) is 1.51. The Morgan fingerprint density at radius 3 is 2.52 bits per heavy atom. The van der Waals surface area contributed by atoms with Gasteiger partial charge in [-0.05, 0) is 24.3 Å². The van der Waals surface area contributed by atoms with Crippen molar-refractivity contribution in [1.29, 1.82) is 0 Å². The van der Waals surface area contributed by atoms with Crippen LogP contribution in [0.3, 0.4) is 0 Å². The molecule has 0 unspecified atom stereocenters. The van der Waals surface area contributed by atoms with E-state index in [-0.39, 0.29) is 5.91 Å². The van der Waals surface area contributed by atoms with Crippen LogP contribution in [0, 0.1) is 0 Å². The lowest BCUT2D eigenvalue weighted by atomic mass is 10.1. The topological polar surface area (TPSA) is 51.2 Å². The highest BCUT2D eigenvalue weighted by Gasteiger charge is 2.15. The quantitative estimate of drug-likeness (QED) is 0.797. The van der Waals surface area contributed by atoms with Crippen molar-refractivity contribution in [2.75, 3.05) is 12.4 Å². The Bertz CT molecular complexity index is 785. The minimum atomic E-state index is -0.240. The number of hydrogen-bond acceptors (Lipinski definition) is 3. The number of nitrogens with one attached hydrogen (secondary N) is 1. The number of methoxy groups -OCH3 is 1. The Balaban J connectivity index is 2.00. The van der Waals surface area contributed by atoms with Crippen molar-refractivity contribution < 1.29 is 9.53 Å². The van der Waals surface area contributed by atoms with Gasteiger partial charge < -0.3 is 10.1 Å². The van der Waals surface area contributed by atoms with Crippen molar-refractivity contribution >= 4 is 22.5 Å². The summed E-state index contributed by atoms with van der Waals surface area (Å²) >= 11 is 0. The maximum atomic E-state index is 12.4. The van der Waals surface area contributed by atoms with Crippen LogP contribution in [0.25, 0.3) is 10.9 Å². The van der Waals surface area contributed by atoms with Gasteiger partial charge >= 0.3 is 0 Å². The third-order valence-corrected chi connectivity index (χ3v) is 3.16. The van der Waals surface area contributed by atoms with Crippen LogP contribution in [0.4, 0.5) is 5.69 Å². The second kappa shape index (κ2) is 5.63. The first-order chi connectivity index (χ1) is 10.3. The standard InChI is InChI=1S/C17H14N2O2/c1-21-17-14(11-12-7-5-6-10-15(12)19-17)16(20)18-13-8-3-2-4-9-13/h2-11H,1H3,(H,18,20). The largest absolute Gasteiger partial charge is 0.480 e. The van der Waals surface area contributed by atoms with Crippen molar-refractivity contribution in [3.63, 3.8) is 0 Å². The van der Waals surface area contributed by atoms with E-state index in [1.807, 2.05) is 54.6 Å². The Morgan fingerprint density at radius 2 is 1.76 bits per heavy atom. The highest BCUT2D eigenvalue weighted by molar-refractivity contribution is 6.07. The van der Waals surface area contributed by atoms with Crippen LogP contribution in [0.2, 0.25) is 0 Å². The maximum Gasteiger partial charge on any atom is 0.261 e. The van der Waals surface area contributed by atoms with E-state index in [0.717, 1.165) is 16.6 Å². The number of fused-ring (bicyclic) bond motifs is 1. The molecule has 2 aromatic carbocycles. The van der Waals surface area contributed by atoms with Crippen molar-refractivity contribution in [3.05, 3.63) is 66.2 Å². The monoisotopic (exact) mass is 278 g/mol. The molecule has 0 aliphatic rings. The van der Waals surface area contributed by atoms with Gasteiger partial charge in [0.2, 0.25) is 5.88 Å². The molecule has 0 bridgehead atoms. The molecule has 0 saturated carbocycles. The van der Waals surface area contributed by atoms with Gasteiger partial charge in [-0.25, -0.2) is 4.98 Å². The van der Waals surface area contributed by atoms with E-state index >= 15 is 0 Å². The number of nitrogens with zero attached hydrogens (tertiary/aromatic N) is 1. The van der Waals surface area contributed by atoms with E-state index in [1.165, 1.54) is 7.11 Å². The average molecular weight is 278 g/mol. The van der Waals surface area contributed by atoms with E-state index in [1.54, 1.807) is 6.07 Å². The van der Waals surface area contributed by atoms with Crippen LogP contribution in [-0.4, -0.2) is 18.0 Å². The second-order valence-corrected chi connectivity index (χ2v) is 4.56. The molecule has 1 amide bonds. The summed E-state index contributed by atoms with van der Waals surface area (Å²) in [5, 5.41) is 3.74. The molecule has 1 heterocycles. The van der Waals surface area contributed by atoms with E-state index in [9.17, 15) is 4.79 Å². The molecule has 0 radical (unpaired) electrons. The average Bonchev–Trinajstić information content (AvgIpc) is 2.54. The molecule has 3 rings (SSSR count). The summed E-state index contributed by atoms with van der Waals surface area (Å²) in [4.78, 5) is 16.8. The number of aromatic nitrogens is 1. The van der Waals surface area contributed by atoms with Crippen molar-refractivity contribution in [3.8, 4) is 5.88 Å². The van der Waals surface area contributed by atoms with Crippen molar-refractivity contribution in [2.24, 2.45) is 0 Å². The summed E-state index contributed by atoms with van der Waals surface area (Å²) in [6.07, 6.45) is 0. The van der Waals surface area contributed by atoms with E-state index in [2.05, 4.69) is 10.3 Å². The van der Waals surface area contributed by atoms with Gasteiger partial charge in [-0.2, -0.15) is 0 Å². The van der Waals surface area contributed by atoms with Gasteiger partial charge in [0.05, 0.1) is 12.6 Å². The predicted molar refractivity (Wildman–Crippen MR) is 82.7 cm³/mol. The zero-order valence-corrected chi connectivity index (χ0v) is 11.5. The first-order valence-corrected chi connectivity index (χ1v) is 6.58. The van der Waals surface area contributed by atoms with Crippen LogP contribution in [0.1, 0.15) is 10.4 Å². The van der Waals surface area contributed by atoms with Gasteiger partial charge in [0, 0.05) is 11.1 Å². The number of amides is 1. The van der Waals surface area contributed by atoms with Gasteiger partial charge in [0.15, 0.2) is 0 Å². The molecule has 4 heteroatoms. The first-order valence-electron chi connectivity index (χ1n) is 6.58. The zero-order valence-electron chi connectivity index (χ0n) is 11.5. The van der Waals surface area contributed by atoms with Crippen molar-refractivity contribution in [1.82, 2.24) is 4.98 Å². The molecule has 0 aliphatic heterocycles. The number of para-hydroxylation sites is 2. The normalized spacial score (nSPS) is 10.3. The van der Waals surface area contributed by atoms with Gasteiger partial charge in [-0.1, -0.05) is 36.4 Å². The van der Waals surface area contributed by atoms with Crippen LogP contribution in [0.5, 0.6) is 5.88 Å². The number of carbonyl (C=O) groups excluding carboxylic acids is 1. The number of pyridine rings is 1. The molecule has 1 aromatic heterocycles. The van der Waals surface area contributed by atoms with E-state index in [4.69, 9.17) is 4.74 Å². The Hall–Kier alpha value is -2.88. The Morgan fingerprint density at radius 1 is 1.05 bits per heavy atom. The zero-order chi connectivity index (χ0) is 14.7. The third kappa shape index (κ3) is 2.69. The molecule has 21 heavy (non-hydrogen) atoms. The lowest BCUT2D eigenvalue weighted by molar-refractivity contribution is 0.102. The number of hydrogen-bond donors (Lipinski definition) is 1. The molecule has 0 atom stereocenters. The number of benzene rings is 2. The molecular weight excluding hydrogens is 264 g/mol. The molecule has 1 N–H and O–H groups in total. The van der Waals surface area contributed by atoms with Crippen molar-refractivity contribution in [2.45, 2.75) is 0 Å². The Labute approximate surface area is 122 Å². The SMILES string of the molecule is COc1nc2ccccc2cc1C(=O)Nc1ccccc1. The predicted octanol–water partition coefficient (Wildman–Crippen LogP) is 3.50. The molecule has 0 fully saturated rings. The fourth-order valence-electron chi connectivity index (χ4n) is 2.14.